The molecule has 0 spiro atoms. The lowest BCUT2D eigenvalue weighted by Gasteiger charge is -2.29. The molecule has 32 heavy (non-hydrogen) atoms. The van der Waals surface area contributed by atoms with Crippen LogP contribution in [-0.2, 0) is 17.5 Å². The Hall–Kier alpha value is -2.91. The molecule has 0 unspecified atom stereocenters. The molecule has 6 nitrogen and oxygen atoms in total. The minimum Gasteiger partial charge on any atom is -0.378 e. The van der Waals surface area contributed by atoms with Gasteiger partial charge in [-0.3, -0.25) is 0 Å². The van der Waals surface area contributed by atoms with Crippen molar-refractivity contribution in [2.24, 2.45) is 5.73 Å². The van der Waals surface area contributed by atoms with Crippen LogP contribution in [0.3, 0.4) is 0 Å². The number of rotatable bonds is 5. The molecule has 170 valence electrons. The number of morpholine rings is 1. The standard InChI is InChI=1S/C23H26F3N5O/c1-14-17(4-3-5-20(14)23(24,25)26)15(2)28-22-19-12-16(31-8-10-32-11-9-31)6-7-18(19)21(13-27)29-30-22/h3-7,12,15H,8-11,13,27H2,1-2H3,(H,28,30)/t15-/m1/s1. The van der Waals surface area contributed by atoms with Gasteiger partial charge < -0.3 is 20.7 Å². The van der Waals surface area contributed by atoms with Crippen LogP contribution in [-0.4, -0.2) is 36.5 Å². The number of nitrogens with two attached hydrogens (primary N) is 1. The first kappa shape index (κ1) is 22.3. The minimum atomic E-state index is -4.40. The van der Waals surface area contributed by atoms with E-state index in [0.717, 1.165) is 35.6 Å². The SMILES string of the molecule is Cc1c([C@@H](C)Nc2nnc(CN)c3ccc(N4CCOCC4)cc23)cccc1C(F)(F)F. The summed E-state index contributed by atoms with van der Waals surface area (Å²) >= 11 is 0. The van der Waals surface area contributed by atoms with Gasteiger partial charge in [0.25, 0.3) is 0 Å². The first-order valence-corrected chi connectivity index (χ1v) is 10.5. The van der Waals surface area contributed by atoms with E-state index in [4.69, 9.17) is 10.5 Å². The molecule has 2 aromatic carbocycles. The molecule has 0 amide bonds. The molecular formula is C23H26F3N5O. The first-order valence-electron chi connectivity index (χ1n) is 10.5. The molecule has 1 aliphatic heterocycles. The highest BCUT2D eigenvalue weighted by atomic mass is 19.4. The van der Waals surface area contributed by atoms with Crippen molar-refractivity contribution in [3.8, 4) is 0 Å². The van der Waals surface area contributed by atoms with Crippen LogP contribution in [0.15, 0.2) is 36.4 Å². The van der Waals surface area contributed by atoms with Crippen molar-refractivity contribution in [1.29, 1.82) is 0 Å². The highest BCUT2D eigenvalue weighted by molar-refractivity contribution is 5.95. The van der Waals surface area contributed by atoms with E-state index < -0.39 is 17.8 Å². The third kappa shape index (κ3) is 4.35. The molecule has 1 saturated heterocycles. The molecule has 4 rings (SSSR count). The van der Waals surface area contributed by atoms with Crippen LogP contribution in [0, 0.1) is 6.92 Å². The normalized spacial score (nSPS) is 15.8. The average molecular weight is 445 g/mol. The average Bonchev–Trinajstić information content (AvgIpc) is 2.79. The number of hydrogen-bond donors (Lipinski definition) is 2. The van der Waals surface area contributed by atoms with Crippen molar-refractivity contribution < 1.29 is 17.9 Å². The summed E-state index contributed by atoms with van der Waals surface area (Å²) in [5.74, 6) is 0.511. The van der Waals surface area contributed by atoms with E-state index in [1.165, 1.54) is 13.0 Å². The van der Waals surface area contributed by atoms with E-state index >= 15 is 0 Å². The van der Waals surface area contributed by atoms with Gasteiger partial charge >= 0.3 is 6.18 Å². The van der Waals surface area contributed by atoms with Gasteiger partial charge in [-0.15, -0.1) is 5.10 Å². The number of fused-ring (bicyclic) bond motifs is 1. The molecule has 1 fully saturated rings. The molecule has 0 aliphatic carbocycles. The topological polar surface area (TPSA) is 76.3 Å². The molecule has 2 heterocycles. The van der Waals surface area contributed by atoms with Gasteiger partial charge in [0.2, 0.25) is 0 Å². The Morgan fingerprint density at radius 1 is 1.12 bits per heavy atom. The van der Waals surface area contributed by atoms with E-state index in [1.54, 1.807) is 6.07 Å². The Kier molecular flexibility index (Phi) is 6.21. The summed E-state index contributed by atoms with van der Waals surface area (Å²) in [6.07, 6.45) is -4.40. The minimum absolute atomic E-state index is 0.199. The third-order valence-electron chi connectivity index (χ3n) is 5.91. The fraction of sp³-hybridized carbons (Fsp3) is 0.391. The van der Waals surface area contributed by atoms with Crippen molar-refractivity contribution in [2.75, 3.05) is 36.5 Å². The number of anilines is 2. The van der Waals surface area contributed by atoms with Gasteiger partial charge in [0.05, 0.1) is 30.5 Å². The number of alkyl halides is 3. The Morgan fingerprint density at radius 2 is 1.88 bits per heavy atom. The van der Waals surface area contributed by atoms with Crippen molar-refractivity contribution in [1.82, 2.24) is 10.2 Å². The lowest BCUT2D eigenvalue weighted by molar-refractivity contribution is -0.138. The summed E-state index contributed by atoms with van der Waals surface area (Å²) < 4.78 is 45.5. The number of hydrogen-bond acceptors (Lipinski definition) is 6. The summed E-state index contributed by atoms with van der Waals surface area (Å²) in [4.78, 5) is 2.23. The van der Waals surface area contributed by atoms with Crippen LogP contribution in [0.4, 0.5) is 24.7 Å². The maximum atomic E-state index is 13.4. The third-order valence-corrected chi connectivity index (χ3v) is 5.91. The number of nitrogens with one attached hydrogen (secondary N) is 1. The van der Waals surface area contributed by atoms with Crippen LogP contribution in [0.1, 0.15) is 35.3 Å². The lowest BCUT2D eigenvalue weighted by atomic mass is 9.97. The van der Waals surface area contributed by atoms with Gasteiger partial charge in [-0.2, -0.15) is 18.3 Å². The Balaban J connectivity index is 1.72. The van der Waals surface area contributed by atoms with Gasteiger partial charge in [-0.1, -0.05) is 18.2 Å². The Bertz CT molecular complexity index is 1110. The second kappa shape index (κ2) is 8.91. The number of ether oxygens (including phenoxy) is 1. The summed E-state index contributed by atoms with van der Waals surface area (Å²) in [5.41, 5.74) is 7.68. The zero-order valence-electron chi connectivity index (χ0n) is 18.0. The molecule has 3 aromatic rings. The largest absolute Gasteiger partial charge is 0.416 e. The number of benzene rings is 2. The fourth-order valence-corrected chi connectivity index (χ4v) is 4.19. The van der Waals surface area contributed by atoms with Crippen molar-refractivity contribution in [2.45, 2.75) is 32.6 Å². The number of aromatic nitrogens is 2. The second-order valence-corrected chi connectivity index (χ2v) is 7.91. The van der Waals surface area contributed by atoms with E-state index in [2.05, 4.69) is 20.4 Å². The maximum Gasteiger partial charge on any atom is 0.416 e. The Labute approximate surface area is 184 Å². The molecular weight excluding hydrogens is 419 g/mol. The zero-order chi connectivity index (χ0) is 22.9. The van der Waals surface area contributed by atoms with E-state index in [-0.39, 0.29) is 12.1 Å². The van der Waals surface area contributed by atoms with Crippen LogP contribution < -0.4 is 16.0 Å². The van der Waals surface area contributed by atoms with Crippen LogP contribution in [0.25, 0.3) is 10.8 Å². The molecule has 1 aliphatic rings. The molecule has 0 saturated carbocycles. The van der Waals surface area contributed by atoms with Gasteiger partial charge in [0.1, 0.15) is 0 Å². The summed E-state index contributed by atoms with van der Waals surface area (Å²) in [5, 5.41) is 13.5. The predicted molar refractivity (Wildman–Crippen MR) is 119 cm³/mol. The zero-order valence-corrected chi connectivity index (χ0v) is 18.0. The highest BCUT2D eigenvalue weighted by Gasteiger charge is 2.33. The summed E-state index contributed by atoms with van der Waals surface area (Å²) in [6, 6.07) is 9.85. The monoisotopic (exact) mass is 445 g/mol. The molecule has 9 heteroatoms. The highest BCUT2D eigenvalue weighted by Crippen LogP contribution is 2.36. The molecule has 3 N–H and O–H groups in total. The van der Waals surface area contributed by atoms with Gasteiger partial charge in [0, 0.05) is 36.1 Å². The lowest BCUT2D eigenvalue weighted by Crippen LogP contribution is -2.36. The number of nitrogens with zero attached hydrogens (tertiary/aromatic N) is 3. The maximum absolute atomic E-state index is 13.4. The predicted octanol–water partition coefficient (Wildman–Crippen LogP) is 4.43. The second-order valence-electron chi connectivity index (χ2n) is 7.91. The van der Waals surface area contributed by atoms with Gasteiger partial charge in [-0.05, 0) is 43.2 Å². The van der Waals surface area contributed by atoms with Gasteiger partial charge in [0.15, 0.2) is 5.82 Å². The molecule has 1 aromatic heterocycles. The fourth-order valence-electron chi connectivity index (χ4n) is 4.19. The quantitative estimate of drug-likeness (QED) is 0.605. The molecule has 0 bridgehead atoms. The molecule has 1 atom stereocenters. The van der Waals surface area contributed by atoms with Crippen molar-refractivity contribution >= 4 is 22.3 Å². The van der Waals surface area contributed by atoms with Crippen LogP contribution in [0.2, 0.25) is 0 Å². The van der Waals surface area contributed by atoms with Gasteiger partial charge in [-0.25, -0.2) is 0 Å². The van der Waals surface area contributed by atoms with E-state index in [1.807, 2.05) is 25.1 Å². The van der Waals surface area contributed by atoms with Crippen molar-refractivity contribution in [3.05, 3.63) is 58.8 Å². The molecule has 0 radical (unpaired) electrons. The smallest absolute Gasteiger partial charge is 0.378 e. The summed E-state index contributed by atoms with van der Waals surface area (Å²) in [6.45, 7) is 6.46. The first-order chi connectivity index (χ1) is 15.3. The Morgan fingerprint density at radius 3 is 2.56 bits per heavy atom. The van der Waals surface area contributed by atoms with E-state index in [0.29, 0.717) is 30.3 Å². The summed E-state index contributed by atoms with van der Waals surface area (Å²) in [7, 11) is 0. The van der Waals surface area contributed by atoms with Crippen LogP contribution >= 0.6 is 0 Å². The van der Waals surface area contributed by atoms with E-state index in [9.17, 15) is 13.2 Å². The van der Waals surface area contributed by atoms with Crippen molar-refractivity contribution in [3.63, 3.8) is 0 Å². The number of halogens is 3. The van der Waals surface area contributed by atoms with Crippen LogP contribution in [0.5, 0.6) is 0 Å².